The molecule has 0 aliphatic rings. The van der Waals surface area contributed by atoms with E-state index >= 15 is 0 Å². The lowest BCUT2D eigenvalue weighted by atomic mass is 10.1. The van der Waals surface area contributed by atoms with Gasteiger partial charge in [0.2, 0.25) is 0 Å². The number of carbonyl (C=O) groups excluding carboxylic acids is 1. The highest BCUT2D eigenvalue weighted by molar-refractivity contribution is 7.20. The molecule has 176 valence electrons. The third-order valence-electron chi connectivity index (χ3n) is 4.61. The molecule has 0 radical (unpaired) electrons. The Kier molecular flexibility index (Phi) is 6.78. The Bertz CT molecular complexity index is 1350. The van der Waals surface area contributed by atoms with Crippen molar-refractivity contribution in [2.45, 2.75) is 13.1 Å². The molecule has 0 atom stereocenters. The largest absolute Gasteiger partial charge is 0.495 e. The highest BCUT2D eigenvalue weighted by Gasteiger charge is 2.31. The maximum absolute atomic E-state index is 12.9. The van der Waals surface area contributed by atoms with Gasteiger partial charge in [-0.2, -0.15) is 13.2 Å². The summed E-state index contributed by atoms with van der Waals surface area (Å²) in [7, 11) is 1.55. The number of amides is 1. The molecule has 0 saturated heterocycles. The molecule has 2 heterocycles. The molecule has 2 aromatic carbocycles. The summed E-state index contributed by atoms with van der Waals surface area (Å²) in [5.74, 6) is -0.0743. The molecule has 34 heavy (non-hydrogen) atoms. The summed E-state index contributed by atoms with van der Waals surface area (Å²) in [6.07, 6.45) is -4.54. The Morgan fingerprint density at radius 1 is 1.12 bits per heavy atom. The standard InChI is InChI=1S/C22H16ClF3N4O2S2/c1-11-18(16-10-33-20(29-16)28-15-9-14(23)6-7-17(15)32-2)34-21(27-11)30-19(31)12-4-3-5-13(8-12)22(24,25)26/h3-10H,1-2H3,(H,28,29)(H,27,30,31). The SMILES string of the molecule is COc1ccc(Cl)cc1Nc1nc(-c2sc(NC(=O)c3cccc(C(F)(F)F)c3)nc2C)cs1. The van der Waals surface area contributed by atoms with Crippen LogP contribution in [-0.4, -0.2) is 23.0 Å². The fourth-order valence-electron chi connectivity index (χ4n) is 3.02. The Balaban J connectivity index is 1.52. The van der Waals surface area contributed by atoms with Crippen molar-refractivity contribution in [1.82, 2.24) is 9.97 Å². The van der Waals surface area contributed by atoms with Crippen LogP contribution in [-0.2, 0) is 6.18 Å². The number of nitrogens with zero attached hydrogens (tertiary/aromatic N) is 2. The minimum absolute atomic E-state index is 0.111. The number of anilines is 3. The van der Waals surface area contributed by atoms with Crippen LogP contribution in [0.3, 0.4) is 0 Å². The van der Waals surface area contributed by atoms with Gasteiger partial charge in [0.25, 0.3) is 5.91 Å². The second-order valence-electron chi connectivity index (χ2n) is 6.97. The molecule has 0 unspecified atom stereocenters. The first-order valence-corrected chi connectivity index (χ1v) is 11.7. The Morgan fingerprint density at radius 3 is 2.65 bits per heavy atom. The summed E-state index contributed by atoms with van der Waals surface area (Å²) < 4.78 is 44.1. The predicted octanol–water partition coefficient (Wildman–Crippen LogP) is 7.25. The molecule has 0 spiro atoms. The van der Waals surface area contributed by atoms with Crippen LogP contribution >= 0.6 is 34.3 Å². The summed E-state index contributed by atoms with van der Waals surface area (Å²) in [6, 6.07) is 9.40. The van der Waals surface area contributed by atoms with E-state index in [9.17, 15) is 18.0 Å². The number of alkyl halides is 3. The van der Waals surface area contributed by atoms with Crippen LogP contribution in [0, 0.1) is 6.92 Å². The number of rotatable bonds is 6. The maximum atomic E-state index is 12.9. The molecule has 2 aromatic heterocycles. The summed E-state index contributed by atoms with van der Waals surface area (Å²) in [5.41, 5.74) is 0.922. The number of benzene rings is 2. The zero-order valence-electron chi connectivity index (χ0n) is 17.7. The Morgan fingerprint density at radius 2 is 1.91 bits per heavy atom. The first-order valence-electron chi connectivity index (χ1n) is 9.66. The van der Waals surface area contributed by atoms with Crippen LogP contribution in [0.2, 0.25) is 5.02 Å². The molecule has 12 heteroatoms. The average molecular weight is 525 g/mol. The van der Waals surface area contributed by atoms with Gasteiger partial charge in [0.1, 0.15) is 5.75 Å². The van der Waals surface area contributed by atoms with Crippen molar-refractivity contribution in [1.29, 1.82) is 0 Å². The smallest absolute Gasteiger partial charge is 0.416 e. The zero-order valence-corrected chi connectivity index (χ0v) is 20.0. The summed E-state index contributed by atoms with van der Waals surface area (Å²) in [5, 5.41) is 8.96. The van der Waals surface area contributed by atoms with Crippen molar-refractivity contribution in [3.8, 4) is 16.3 Å². The minimum Gasteiger partial charge on any atom is -0.495 e. The monoisotopic (exact) mass is 524 g/mol. The van der Waals surface area contributed by atoms with Crippen LogP contribution in [0.4, 0.5) is 29.1 Å². The highest BCUT2D eigenvalue weighted by Crippen LogP contribution is 2.37. The first-order chi connectivity index (χ1) is 16.1. The van der Waals surface area contributed by atoms with Crippen molar-refractivity contribution in [2.24, 2.45) is 0 Å². The van der Waals surface area contributed by atoms with Gasteiger partial charge in [-0.15, -0.1) is 11.3 Å². The number of thiazole rings is 2. The number of ether oxygens (including phenoxy) is 1. The third-order valence-corrected chi connectivity index (χ3v) is 6.70. The van der Waals surface area contributed by atoms with Gasteiger partial charge in [-0.3, -0.25) is 10.1 Å². The molecular formula is C22H16ClF3N4O2S2. The van der Waals surface area contributed by atoms with Gasteiger partial charge in [0, 0.05) is 16.0 Å². The molecule has 0 fully saturated rings. The minimum atomic E-state index is -4.54. The van der Waals surface area contributed by atoms with Gasteiger partial charge in [-0.05, 0) is 43.3 Å². The van der Waals surface area contributed by atoms with E-state index in [1.165, 1.54) is 34.8 Å². The van der Waals surface area contributed by atoms with Crippen LogP contribution in [0.5, 0.6) is 5.75 Å². The quantitative estimate of drug-likeness (QED) is 0.278. The van der Waals surface area contributed by atoms with Crippen LogP contribution in [0.1, 0.15) is 21.6 Å². The van der Waals surface area contributed by atoms with E-state index in [0.717, 1.165) is 17.0 Å². The van der Waals surface area contributed by atoms with Gasteiger partial charge >= 0.3 is 6.18 Å². The first kappa shape index (κ1) is 24.0. The lowest BCUT2D eigenvalue weighted by Gasteiger charge is -2.09. The van der Waals surface area contributed by atoms with Crippen molar-refractivity contribution >= 4 is 56.1 Å². The number of hydrogen-bond acceptors (Lipinski definition) is 7. The van der Waals surface area contributed by atoms with Gasteiger partial charge in [-0.1, -0.05) is 29.0 Å². The summed E-state index contributed by atoms with van der Waals surface area (Å²) >= 11 is 8.61. The van der Waals surface area contributed by atoms with E-state index in [-0.39, 0.29) is 10.7 Å². The van der Waals surface area contributed by atoms with Crippen LogP contribution < -0.4 is 15.4 Å². The van der Waals surface area contributed by atoms with E-state index in [0.29, 0.717) is 33.0 Å². The Labute approximate surface area is 205 Å². The predicted molar refractivity (Wildman–Crippen MR) is 129 cm³/mol. The average Bonchev–Trinajstić information content (AvgIpc) is 3.39. The number of carbonyl (C=O) groups is 1. The number of hydrogen-bond donors (Lipinski definition) is 2. The normalized spacial score (nSPS) is 11.4. The van der Waals surface area contributed by atoms with Gasteiger partial charge in [-0.25, -0.2) is 9.97 Å². The number of halogens is 4. The topological polar surface area (TPSA) is 76.1 Å². The molecular weight excluding hydrogens is 509 g/mol. The third kappa shape index (κ3) is 5.32. The van der Waals surface area contributed by atoms with Crippen LogP contribution in [0.15, 0.2) is 47.8 Å². The highest BCUT2D eigenvalue weighted by atomic mass is 35.5. The van der Waals surface area contributed by atoms with Crippen molar-refractivity contribution in [3.63, 3.8) is 0 Å². The molecule has 0 saturated carbocycles. The summed E-state index contributed by atoms with van der Waals surface area (Å²) in [4.78, 5) is 22.1. The fraction of sp³-hybridized carbons (Fsp3) is 0.136. The van der Waals surface area contributed by atoms with E-state index in [1.807, 2.05) is 5.38 Å². The molecule has 4 aromatic rings. The molecule has 6 nitrogen and oxygen atoms in total. The van der Waals surface area contributed by atoms with E-state index in [4.69, 9.17) is 16.3 Å². The summed E-state index contributed by atoms with van der Waals surface area (Å²) in [6.45, 7) is 1.76. The van der Waals surface area contributed by atoms with Crippen molar-refractivity contribution < 1.29 is 22.7 Å². The van der Waals surface area contributed by atoms with Gasteiger partial charge in [0.05, 0.1) is 34.6 Å². The molecule has 2 N–H and O–H groups in total. The van der Waals surface area contributed by atoms with E-state index in [1.54, 1.807) is 32.2 Å². The number of nitrogens with one attached hydrogen (secondary N) is 2. The fourth-order valence-corrected chi connectivity index (χ4v) is 4.90. The van der Waals surface area contributed by atoms with Gasteiger partial charge < -0.3 is 10.1 Å². The second-order valence-corrected chi connectivity index (χ2v) is 9.27. The van der Waals surface area contributed by atoms with E-state index in [2.05, 4.69) is 20.6 Å². The zero-order chi connectivity index (χ0) is 24.5. The Hall–Kier alpha value is -3.15. The lowest BCUT2D eigenvalue weighted by molar-refractivity contribution is -0.137. The van der Waals surface area contributed by atoms with Crippen molar-refractivity contribution in [3.05, 3.63) is 69.7 Å². The molecule has 0 aliphatic heterocycles. The number of aryl methyl sites for hydroxylation is 1. The van der Waals surface area contributed by atoms with E-state index < -0.39 is 17.6 Å². The lowest BCUT2D eigenvalue weighted by Crippen LogP contribution is -2.13. The molecule has 1 amide bonds. The molecule has 0 bridgehead atoms. The molecule has 4 rings (SSSR count). The van der Waals surface area contributed by atoms with Crippen molar-refractivity contribution in [2.75, 3.05) is 17.7 Å². The second kappa shape index (κ2) is 9.61. The van der Waals surface area contributed by atoms with Crippen LogP contribution in [0.25, 0.3) is 10.6 Å². The van der Waals surface area contributed by atoms with Gasteiger partial charge in [0.15, 0.2) is 10.3 Å². The maximum Gasteiger partial charge on any atom is 0.416 e. The number of methoxy groups -OCH3 is 1. The molecule has 0 aliphatic carbocycles. The number of aromatic nitrogens is 2.